The molecule has 0 aliphatic heterocycles. The van der Waals surface area contributed by atoms with E-state index in [1.807, 2.05) is 30.5 Å². The molecule has 0 spiro atoms. The first-order valence-corrected chi connectivity index (χ1v) is 9.35. The van der Waals surface area contributed by atoms with Crippen LogP contribution in [0.1, 0.15) is 5.56 Å². The average molecular weight is 352 g/mol. The Bertz CT molecular complexity index is 804. The van der Waals surface area contributed by atoms with Crippen LogP contribution in [0, 0.1) is 10.1 Å². The van der Waals surface area contributed by atoms with E-state index in [2.05, 4.69) is 0 Å². The topological polar surface area (TPSA) is 80.5 Å². The van der Waals surface area contributed by atoms with Crippen molar-refractivity contribution in [1.29, 1.82) is 0 Å². The fraction of sp³-hybridized carbons (Fsp3) is 0.200. The molecule has 2 aromatic carbocycles. The van der Waals surface area contributed by atoms with E-state index < -0.39 is 14.9 Å². The smallest absolute Gasteiger partial charge is 0.258 e. The van der Waals surface area contributed by atoms with E-state index in [1.54, 1.807) is 11.8 Å². The number of benzene rings is 2. The Hall–Kier alpha value is -1.90. The summed E-state index contributed by atoms with van der Waals surface area (Å²) in [6.07, 6.45) is 1.97. The molecule has 0 aliphatic carbocycles. The van der Waals surface area contributed by atoms with Crippen LogP contribution in [0.15, 0.2) is 58.3 Å². The highest BCUT2D eigenvalue weighted by atomic mass is 32.2. The molecule has 6 nitrogen and oxygen atoms in total. The normalized spacial score (nSPS) is 11.6. The molecule has 23 heavy (non-hydrogen) atoms. The third-order valence-corrected chi connectivity index (χ3v) is 5.84. The molecule has 0 aliphatic rings. The number of nitrogens with zero attached hydrogens (tertiary/aromatic N) is 2. The molecule has 0 amide bonds. The maximum atomic E-state index is 12.5. The largest absolute Gasteiger partial charge is 0.270 e. The van der Waals surface area contributed by atoms with E-state index in [-0.39, 0.29) is 17.1 Å². The molecule has 0 radical (unpaired) electrons. The zero-order valence-electron chi connectivity index (χ0n) is 12.7. The summed E-state index contributed by atoms with van der Waals surface area (Å²) in [5.74, 6) is 0. The van der Waals surface area contributed by atoms with Gasteiger partial charge in [-0.1, -0.05) is 18.2 Å². The summed E-state index contributed by atoms with van der Waals surface area (Å²) in [7, 11) is -2.33. The second-order valence-electron chi connectivity index (χ2n) is 4.86. The van der Waals surface area contributed by atoms with Gasteiger partial charge in [-0.3, -0.25) is 10.1 Å². The van der Waals surface area contributed by atoms with Gasteiger partial charge >= 0.3 is 0 Å². The van der Waals surface area contributed by atoms with E-state index in [4.69, 9.17) is 0 Å². The van der Waals surface area contributed by atoms with Crippen LogP contribution in [0.3, 0.4) is 0 Å². The molecule has 0 heterocycles. The highest BCUT2D eigenvalue weighted by molar-refractivity contribution is 7.98. The Morgan fingerprint density at radius 1 is 1.17 bits per heavy atom. The lowest BCUT2D eigenvalue weighted by Gasteiger charge is -2.17. The van der Waals surface area contributed by atoms with Crippen molar-refractivity contribution in [2.45, 2.75) is 16.3 Å². The van der Waals surface area contributed by atoms with Crippen molar-refractivity contribution >= 4 is 27.5 Å². The summed E-state index contributed by atoms with van der Waals surface area (Å²) < 4.78 is 26.2. The summed E-state index contributed by atoms with van der Waals surface area (Å²) in [6, 6.07) is 12.6. The minimum absolute atomic E-state index is 0.0880. The highest BCUT2D eigenvalue weighted by Crippen LogP contribution is 2.22. The van der Waals surface area contributed by atoms with Crippen LogP contribution in [0.4, 0.5) is 5.69 Å². The first-order chi connectivity index (χ1) is 10.8. The minimum Gasteiger partial charge on any atom is -0.258 e. The van der Waals surface area contributed by atoms with Gasteiger partial charge in [-0.15, -0.1) is 11.8 Å². The number of non-ortho nitro benzene ring substituents is 1. The molecule has 0 unspecified atom stereocenters. The van der Waals surface area contributed by atoms with Crippen molar-refractivity contribution in [3.05, 3.63) is 64.2 Å². The van der Waals surface area contributed by atoms with E-state index in [0.29, 0.717) is 0 Å². The molecule has 2 aromatic rings. The maximum Gasteiger partial charge on any atom is 0.270 e. The second-order valence-corrected chi connectivity index (χ2v) is 7.79. The minimum atomic E-state index is -3.79. The van der Waals surface area contributed by atoms with Crippen LogP contribution in [0.25, 0.3) is 0 Å². The van der Waals surface area contributed by atoms with E-state index in [9.17, 15) is 18.5 Å². The van der Waals surface area contributed by atoms with Gasteiger partial charge in [-0.2, -0.15) is 4.31 Å². The molecular weight excluding hydrogens is 336 g/mol. The van der Waals surface area contributed by atoms with Gasteiger partial charge in [0.25, 0.3) is 5.69 Å². The lowest BCUT2D eigenvalue weighted by Crippen LogP contribution is -2.26. The SMILES string of the molecule is CSc1ccc(CN(C)S(=O)(=O)c2cccc([N+](=O)[O-])c2)cc1. The summed E-state index contributed by atoms with van der Waals surface area (Å²) >= 11 is 1.61. The van der Waals surface area contributed by atoms with Gasteiger partial charge in [-0.05, 0) is 30.0 Å². The molecular formula is C15H16N2O4S2. The fourth-order valence-corrected chi connectivity index (χ4v) is 3.62. The third-order valence-electron chi connectivity index (χ3n) is 3.30. The van der Waals surface area contributed by atoms with Crippen molar-refractivity contribution in [2.24, 2.45) is 0 Å². The zero-order chi connectivity index (χ0) is 17.0. The summed E-state index contributed by atoms with van der Waals surface area (Å²) in [6.45, 7) is 0.194. The van der Waals surface area contributed by atoms with Gasteiger partial charge in [-0.25, -0.2) is 8.42 Å². The fourth-order valence-electron chi connectivity index (χ4n) is 2.01. The third kappa shape index (κ3) is 4.10. The van der Waals surface area contributed by atoms with Crippen molar-refractivity contribution in [2.75, 3.05) is 13.3 Å². The Morgan fingerprint density at radius 2 is 1.83 bits per heavy atom. The van der Waals surface area contributed by atoms with Gasteiger partial charge in [0.15, 0.2) is 0 Å². The molecule has 8 heteroatoms. The predicted octanol–water partition coefficient (Wildman–Crippen LogP) is 3.14. The van der Waals surface area contributed by atoms with Crippen molar-refractivity contribution in [3.63, 3.8) is 0 Å². The number of thioether (sulfide) groups is 1. The Balaban J connectivity index is 2.24. The molecule has 0 fully saturated rings. The maximum absolute atomic E-state index is 12.5. The summed E-state index contributed by atoms with van der Waals surface area (Å²) in [4.78, 5) is 11.2. The molecule has 122 valence electrons. The van der Waals surface area contributed by atoms with Crippen LogP contribution in [-0.4, -0.2) is 30.9 Å². The average Bonchev–Trinajstić information content (AvgIpc) is 2.55. The number of sulfonamides is 1. The highest BCUT2D eigenvalue weighted by Gasteiger charge is 2.23. The molecule has 0 atom stereocenters. The van der Waals surface area contributed by atoms with Crippen molar-refractivity contribution in [3.8, 4) is 0 Å². The first-order valence-electron chi connectivity index (χ1n) is 6.68. The van der Waals surface area contributed by atoms with Crippen LogP contribution in [-0.2, 0) is 16.6 Å². The Kier molecular flexibility index (Phi) is 5.40. The van der Waals surface area contributed by atoms with Gasteiger partial charge in [0.2, 0.25) is 10.0 Å². The second kappa shape index (κ2) is 7.12. The first kappa shape index (κ1) is 17.5. The molecule has 2 rings (SSSR count). The lowest BCUT2D eigenvalue weighted by atomic mass is 10.2. The number of hydrogen-bond acceptors (Lipinski definition) is 5. The van der Waals surface area contributed by atoms with Gasteiger partial charge < -0.3 is 0 Å². The monoisotopic (exact) mass is 352 g/mol. The van der Waals surface area contributed by atoms with Crippen molar-refractivity contribution in [1.82, 2.24) is 4.31 Å². The summed E-state index contributed by atoms with van der Waals surface area (Å²) in [5.41, 5.74) is 0.600. The van der Waals surface area contributed by atoms with E-state index in [1.165, 1.54) is 29.6 Å². The van der Waals surface area contributed by atoms with Gasteiger partial charge in [0.05, 0.1) is 9.82 Å². The lowest BCUT2D eigenvalue weighted by molar-refractivity contribution is -0.385. The number of nitro groups is 1. The molecule has 0 bridgehead atoms. The number of hydrogen-bond donors (Lipinski definition) is 0. The van der Waals surface area contributed by atoms with Gasteiger partial charge in [0, 0.05) is 30.6 Å². The van der Waals surface area contributed by atoms with E-state index in [0.717, 1.165) is 16.5 Å². The number of nitro benzene ring substituents is 1. The standard InChI is InChI=1S/C15H16N2O4S2/c1-16(11-12-6-8-14(22-2)9-7-12)23(20,21)15-5-3-4-13(10-15)17(18)19/h3-10H,11H2,1-2H3. The van der Waals surface area contributed by atoms with Crippen LogP contribution in [0.2, 0.25) is 0 Å². The van der Waals surface area contributed by atoms with Gasteiger partial charge in [0.1, 0.15) is 0 Å². The van der Waals surface area contributed by atoms with Crippen LogP contribution < -0.4 is 0 Å². The Morgan fingerprint density at radius 3 is 2.39 bits per heavy atom. The van der Waals surface area contributed by atoms with Crippen molar-refractivity contribution < 1.29 is 13.3 Å². The van der Waals surface area contributed by atoms with Crippen LogP contribution >= 0.6 is 11.8 Å². The number of rotatable bonds is 6. The van der Waals surface area contributed by atoms with Crippen LogP contribution in [0.5, 0.6) is 0 Å². The molecule has 0 aromatic heterocycles. The zero-order valence-corrected chi connectivity index (χ0v) is 14.3. The molecule has 0 N–H and O–H groups in total. The predicted molar refractivity (Wildman–Crippen MR) is 90.0 cm³/mol. The van der Waals surface area contributed by atoms with E-state index >= 15 is 0 Å². The summed E-state index contributed by atoms with van der Waals surface area (Å²) in [5, 5.41) is 10.8. The molecule has 0 saturated carbocycles. The molecule has 0 saturated heterocycles. The quantitative estimate of drug-likeness (QED) is 0.453. The Labute approximate surface area is 139 Å².